The Bertz CT molecular complexity index is 946. The number of hydrogen-bond donors (Lipinski definition) is 1. The van der Waals surface area contributed by atoms with Crippen LogP contribution in [0.4, 0.5) is 9.59 Å². The van der Waals surface area contributed by atoms with Crippen LogP contribution in [-0.4, -0.2) is 55.7 Å². The lowest BCUT2D eigenvalue weighted by Crippen LogP contribution is -2.40. The zero-order valence-corrected chi connectivity index (χ0v) is 23.4. The van der Waals surface area contributed by atoms with Crippen LogP contribution in [0.1, 0.15) is 73.3 Å². The molecule has 11 nitrogen and oxygen atoms in total. The number of ether oxygens (including phenoxy) is 6. The van der Waals surface area contributed by atoms with E-state index in [0.717, 1.165) is 0 Å². The molecule has 3 atom stereocenters. The molecule has 1 aromatic rings. The number of rotatable bonds is 14. The van der Waals surface area contributed by atoms with E-state index in [9.17, 15) is 19.2 Å². The monoisotopic (exact) mass is 539 g/mol. The maximum absolute atomic E-state index is 12.6. The van der Waals surface area contributed by atoms with Gasteiger partial charge in [-0.3, -0.25) is 9.59 Å². The smallest absolute Gasteiger partial charge is 0.458 e. The molecule has 0 amide bonds. The van der Waals surface area contributed by atoms with E-state index in [1.165, 1.54) is 12.1 Å². The van der Waals surface area contributed by atoms with Crippen molar-refractivity contribution in [2.75, 3.05) is 13.2 Å². The van der Waals surface area contributed by atoms with Gasteiger partial charge >= 0.3 is 24.2 Å². The van der Waals surface area contributed by atoms with Crippen molar-refractivity contribution in [2.45, 2.75) is 92.4 Å². The third-order valence-electron chi connectivity index (χ3n) is 5.69. The average Bonchev–Trinajstić information content (AvgIpc) is 2.87. The molecule has 0 aliphatic heterocycles. The van der Waals surface area contributed by atoms with Gasteiger partial charge < -0.3 is 34.2 Å². The van der Waals surface area contributed by atoms with Gasteiger partial charge in [0.1, 0.15) is 18.2 Å². The van der Waals surface area contributed by atoms with E-state index in [4.69, 9.17) is 34.2 Å². The van der Waals surface area contributed by atoms with Crippen molar-refractivity contribution >= 4 is 24.2 Å². The molecule has 0 aliphatic rings. The summed E-state index contributed by atoms with van der Waals surface area (Å²) in [5.74, 6) is -1.27. The van der Waals surface area contributed by atoms with Gasteiger partial charge in [-0.1, -0.05) is 26.8 Å². The molecule has 0 saturated carbocycles. The van der Waals surface area contributed by atoms with E-state index in [1.807, 2.05) is 20.8 Å². The largest absolute Gasteiger partial charge is 0.513 e. The summed E-state index contributed by atoms with van der Waals surface area (Å²) >= 11 is 0. The molecule has 0 saturated heterocycles. The first kappa shape index (κ1) is 32.7. The summed E-state index contributed by atoms with van der Waals surface area (Å²) in [5.41, 5.74) is 5.91. The second-order valence-corrected chi connectivity index (χ2v) is 9.48. The molecule has 0 aliphatic carbocycles. The Kier molecular flexibility index (Phi) is 13.6. The molecule has 38 heavy (non-hydrogen) atoms. The van der Waals surface area contributed by atoms with Crippen molar-refractivity contribution in [1.82, 2.24) is 0 Å². The molecule has 0 radical (unpaired) electrons. The topological polar surface area (TPSA) is 150 Å². The summed E-state index contributed by atoms with van der Waals surface area (Å²) in [6, 6.07) is 3.28. The molecule has 1 rings (SSSR count). The van der Waals surface area contributed by atoms with Crippen LogP contribution < -0.4 is 15.2 Å². The van der Waals surface area contributed by atoms with Crippen LogP contribution in [-0.2, 0) is 35.0 Å². The van der Waals surface area contributed by atoms with Gasteiger partial charge in [-0.15, -0.1) is 0 Å². The van der Waals surface area contributed by atoms with Crippen molar-refractivity contribution in [2.24, 2.45) is 11.1 Å². The number of benzene rings is 1. The Labute approximate surface area is 224 Å². The van der Waals surface area contributed by atoms with Crippen molar-refractivity contribution < 1.29 is 47.6 Å². The van der Waals surface area contributed by atoms with Crippen LogP contribution in [0.15, 0.2) is 18.2 Å². The molecule has 0 heterocycles. The SMILES string of the molecule is CCCOC(=O)Oc1ccc(C[C@H](N)C(=O)O[C@@H](C)C(C)OC(=O)C(C)(C)CC)cc1OC(=O)OCCC. The number of carbonyl (C=O) groups excluding carboxylic acids is 4. The highest BCUT2D eigenvalue weighted by molar-refractivity contribution is 5.77. The van der Waals surface area contributed by atoms with Crippen molar-refractivity contribution in [3.8, 4) is 11.5 Å². The van der Waals surface area contributed by atoms with Crippen LogP contribution in [0.2, 0.25) is 0 Å². The Morgan fingerprint density at radius 1 is 0.842 bits per heavy atom. The molecule has 11 heteroatoms. The van der Waals surface area contributed by atoms with Gasteiger partial charge in [-0.05, 0) is 71.1 Å². The third-order valence-corrected chi connectivity index (χ3v) is 5.69. The predicted octanol–water partition coefficient (Wildman–Crippen LogP) is 4.71. The third kappa shape index (κ3) is 11.0. The van der Waals surface area contributed by atoms with Gasteiger partial charge in [0.15, 0.2) is 11.5 Å². The molecule has 0 aromatic heterocycles. The molecular weight excluding hydrogens is 498 g/mol. The second kappa shape index (κ2) is 15.8. The Morgan fingerprint density at radius 2 is 1.37 bits per heavy atom. The minimum Gasteiger partial charge on any atom is -0.458 e. The molecule has 1 aromatic carbocycles. The first-order chi connectivity index (χ1) is 17.8. The molecule has 2 N–H and O–H groups in total. The van der Waals surface area contributed by atoms with Crippen molar-refractivity contribution in [3.63, 3.8) is 0 Å². The van der Waals surface area contributed by atoms with Gasteiger partial charge in [0.25, 0.3) is 0 Å². The zero-order valence-electron chi connectivity index (χ0n) is 23.4. The zero-order chi connectivity index (χ0) is 28.9. The lowest BCUT2D eigenvalue weighted by Gasteiger charge is -2.27. The molecule has 0 bridgehead atoms. The normalized spacial score (nSPS) is 13.5. The number of carbonyl (C=O) groups is 4. The highest BCUT2D eigenvalue weighted by Gasteiger charge is 2.31. The number of hydrogen-bond acceptors (Lipinski definition) is 11. The maximum atomic E-state index is 12.6. The summed E-state index contributed by atoms with van der Waals surface area (Å²) in [6.07, 6.45) is -1.55. The maximum Gasteiger partial charge on any atom is 0.513 e. The Morgan fingerprint density at radius 3 is 1.89 bits per heavy atom. The van der Waals surface area contributed by atoms with Gasteiger partial charge in [0.2, 0.25) is 0 Å². The molecule has 1 unspecified atom stereocenters. The summed E-state index contributed by atoms with van der Waals surface area (Å²) in [5, 5.41) is 0. The highest BCUT2D eigenvalue weighted by Crippen LogP contribution is 2.30. The van der Waals surface area contributed by atoms with Crippen LogP contribution in [0.25, 0.3) is 0 Å². The van der Waals surface area contributed by atoms with Crippen molar-refractivity contribution in [1.29, 1.82) is 0 Å². The molecule has 0 fully saturated rings. The summed E-state index contributed by atoms with van der Waals surface area (Å²) in [6.45, 7) is 12.6. The lowest BCUT2D eigenvalue weighted by molar-refractivity contribution is -0.172. The van der Waals surface area contributed by atoms with Crippen LogP contribution >= 0.6 is 0 Å². The van der Waals surface area contributed by atoms with E-state index in [0.29, 0.717) is 24.8 Å². The van der Waals surface area contributed by atoms with Crippen LogP contribution in [0, 0.1) is 5.41 Å². The van der Waals surface area contributed by atoms with Crippen LogP contribution in [0.5, 0.6) is 11.5 Å². The predicted molar refractivity (Wildman–Crippen MR) is 138 cm³/mol. The molecule has 214 valence electrons. The average molecular weight is 540 g/mol. The minimum absolute atomic E-state index is 0.0174. The summed E-state index contributed by atoms with van der Waals surface area (Å²) in [7, 11) is 0. The minimum atomic E-state index is -1.08. The first-order valence-electron chi connectivity index (χ1n) is 12.8. The van der Waals surface area contributed by atoms with E-state index >= 15 is 0 Å². The fourth-order valence-corrected chi connectivity index (χ4v) is 2.73. The lowest BCUT2D eigenvalue weighted by atomic mass is 9.90. The first-order valence-corrected chi connectivity index (χ1v) is 12.8. The van der Waals surface area contributed by atoms with Gasteiger partial charge in [-0.25, -0.2) is 9.59 Å². The molecular formula is C27H41NO10. The standard InChI is InChI=1S/C27H41NO10/c1-8-13-33-25(31)37-21-12-11-19(16-22(21)38-26(32)34-14-9-2)15-20(28)23(29)35-17(4)18(5)36-24(30)27(6,7)10-3/h11-12,16-18,20H,8-10,13-15,28H2,1-7H3/t17-,18?,20-/m0/s1. The second-order valence-electron chi connectivity index (χ2n) is 9.48. The fourth-order valence-electron chi connectivity index (χ4n) is 2.73. The van der Waals surface area contributed by atoms with E-state index < -0.39 is 41.9 Å². The van der Waals surface area contributed by atoms with E-state index in [1.54, 1.807) is 33.8 Å². The van der Waals surface area contributed by atoms with E-state index in [2.05, 4.69) is 0 Å². The van der Waals surface area contributed by atoms with Gasteiger partial charge in [0.05, 0.1) is 18.6 Å². The fraction of sp³-hybridized carbons (Fsp3) is 0.630. The Hall–Kier alpha value is -3.34. The highest BCUT2D eigenvalue weighted by atomic mass is 16.7. The number of esters is 2. The van der Waals surface area contributed by atoms with Crippen molar-refractivity contribution in [3.05, 3.63) is 23.8 Å². The van der Waals surface area contributed by atoms with Gasteiger partial charge in [-0.2, -0.15) is 0 Å². The van der Waals surface area contributed by atoms with E-state index in [-0.39, 0.29) is 37.1 Å². The van der Waals surface area contributed by atoms with Crippen LogP contribution in [0.3, 0.4) is 0 Å². The molecule has 0 spiro atoms. The summed E-state index contributed by atoms with van der Waals surface area (Å²) in [4.78, 5) is 48.8. The Balaban J connectivity index is 2.90. The van der Waals surface area contributed by atoms with Gasteiger partial charge in [0, 0.05) is 0 Å². The summed E-state index contributed by atoms with van der Waals surface area (Å²) < 4.78 is 31.1. The quantitative estimate of drug-likeness (QED) is 0.199. The number of nitrogens with two attached hydrogens (primary N) is 1.